The lowest BCUT2D eigenvalue weighted by atomic mass is 10.2. The molecule has 1 fully saturated rings. The molecule has 0 radical (unpaired) electrons. The molecule has 1 aromatic heterocycles. The van der Waals surface area contributed by atoms with E-state index < -0.39 is 5.82 Å². The molecule has 106 valence electrons. The highest BCUT2D eigenvalue weighted by atomic mass is 35.5. The van der Waals surface area contributed by atoms with Crippen LogP contribution in [0.4, 0.5) is 10.1 Å². The van der Waals surface area contributed by atoms with E-state index in [9.17, 15) is 9.18 Å². The first-order chi connectivity index (χ1) is 10.1. The number of thiophene rings is 1. The summed E-state index contributed by atoms with van der Waals surface area (Å²) in [6.07, 6.45) is 1.80. The molecule has 21 heavy (non-hydrogen) atoms. The first-order valence-corrected chi connectivity index (χ1v) is 8.31. The molecule has 0 unspecified atom stereocenters. The Balaban J connectivity index is 1.95. The molecule has 0 N–H and O–H groups in total. The van der Waals surface area contributed by atoms with Crippen LogP contribution < -0.4 is 4.90 Å². The van der Waals surface area contributed by atoms with Crippen LogP contribution in [-0.4, -0.2) is 10.2 Å². The summed E-state index contributed by atoms with van der Waals surface area (Å²) >= 11 is 13.8. The van der Waals surface area contributed by atoms with Gasteiger partial charge in [0.2, 0.25) is 0 Å². The fraction of sp³-hybridized carbons (Fsp3) is 0. The maximum Gasteiger partial charge on any atom is 0.270 e. The van der Waals surface area contributed by atoms with Crippen molar-refractivity contribution in [2.24, 2.45) is 0 Å². The molecule has 1 aliphatic heterocycles. The van der Waals surface area contributed by atoms with Gasteiger partial charge in [-0.25, -0.2) is 4.39 Å². The van der Waals surface area contributed by atoms with Crippen molar-refractivity contribution in [2.45, 2.75) is 0 Å². The summed E-state index contributed by atoms with van der Waals surface area (Å²) in [6.45, 7) is 0. The van der Waals surface area contributed by atoms with Crippen LogP contribution >= 0.6 is 46.9 Å². The van der Waals surface area contributed by atoms with Gasteiger partial charge in [0.15, 0.2) is 4.32 Å². The first-order valence-electron chi connectivity index (χ1n) is 5.83. The maximum absolute atomic E-state index is 13.2. The summed E-state index contributed by atoms with van der Waals surface area (Å²) in [5, 5.41) is 1.90. The fourth-order valence-electron chi connectivity index (χ4n) is 1.82. The largest absolute Gasteiger partial charge is 0.270 e. The number of carbonyl (C=O) groups excluding carboxylic acids is 1. The highest BCUT2D eigenvalue weighted by Gasteiger charge is 2.33. The quantitative estimate of drug-likeness (QED) is 0.561. The lowest BCUT2D eigenvalue weighted by Crippen LogP contribution is -2.27. The van der Waals surface area contributed by atoms with Crippen molar-refractivity contribution in [3.05, 3.63) is 56.3 Å². The van der Waals surface area contributed by atoms with Gasteiger partial charge < -0.3 is 0 Å². The molecule has 3 rings (SSSR count). The second-order valence-corrected chi connectivity index (χ2v) is 7.19. The molecule has 0 bridgehead atoms. The van der Waals surface area contributed by atoms with E-state index in [1.54, 1.807) is 17.4 Å². The topological polar surface area (TPSA) is 20.3 Å². The van der Waals surface area contributed by atoms with Crippen molar-refractivity contribution >= 4 is 68.9 Å². The van der Waals surface area contributed by atoms with Crippen molar-refractivity contribution < 1.29 is 9.18 Å². The van der Waals surface area contributed by atoms with Gasteiger partial charge in [-0.1, -0.05) is 41.6 Å². The molecular formula is C14H7ClFNOS3. The van der Waals surface area contributed by atoms with Crippen LogP contribution in [-0.2, 0) is 4.79 Å². The average Bonchev–Trinajstić information content (AvgIpc) is 3.03. The molecule has 7 heteroatoms. The Labute approximate surface area is 139 Å². The second-order valence-electron chi connectivity index (χ2n) is 4.13. The average molecular weight is 356 g/mol. The van der Waals surface area contributed by atoms with Crippen molar-refractivity contribution in [1.29, 1.82) is 0 Å². The Morgan fingerprint density at radius 3 is 2.81 bits per heavy atom. The van der Waals surface area contributed by atoms with Crippen LogP contribution in [0.1, 0.15) is 4.88 Å². The molecule has 1 aromatic carbocycles. The summed E-state index contributed by atoms with van der Waals surface area (Å²) in [7, 11) is 0. The smallest absolute Gasteiger partial charge is 0.268 e. The zero-order chi connectivity index (χ0) is 15.0. The molecule has 2 heterocycles. The summed E-state index contributed by atoms with van der Waals surface area (Å²) in [6, 6.07) is 7.94. The van der Waals surface area contributed by atoms with Gasteiger partial charge in [-0.15, -0.1) is 11.3 Å². The summed E-state index contributed by atoms with van der Waals surface area (Å²) < 4.78 is 13.6. The number of thioether (sulfide) groups is 1. The Morgan fingerprint density at radius 2 is 2.14 bits per heavy atom. The summed E-state index contributed by atoms with van der Waals surface area (Å²) in [5.74, 6) is -0.749. The summed E-state index contributed by atoms with van der Waals surface area (Å²) in [4.78, 5) is 15.3. The van der Waals surface area contributed by atoms with E-state index in [1.807, 2.05) is 17.5 Å². The maximum atomic E-state index is 13.2. The van der Waals surface area contributed by atoms with Gasteiger partial charge in [-0.3, -0.25) is 9.69 Å². The Morgan fingerprint density at radius 1 is 1.33 bits per heavy atom. The zero-order valence-electron chi connectivity index (χ0n) is 10.4. The predicted octanol–water partition coefficient (Wildman–Crippen LogP) is 4.95. The van der Waals surface area contributed by atoms with Gasteiger partial charge >= 0.3 is 0 Å². The van der Waals surface area contributed by atoms with E-state index >= 15 is 0 Å². The predicted molar refractivity (Wildman–Crippen MR) is 91.4 cm³/mol. The zero-order valence-corrected chi connectivity index (χ0v) is 13.6. The van der Waals surface area contributed by atoms with Crippen LogP contribution in [0.3, 0.4) is 0 Å². The van der Waals surface area contributed by atoms with Crippen molar-refractivity contribution in [1.82, 2.24) is 0 Å². The van der Waals surface area contributed by atoms with Crippen LogP contribution in [0.15, 0.2) is 40.6 Å². The Kier molecular flexibility index (Phi) is 4.12. The molecule has 2 nitrogen and oxygen atoms in total. The number of nitrogens with zero attached hydrogens (tertiary/aromatic N) is 1. The summed E-state index contributed by atoms with van der Waals surface area (Å²) in [5.41, 5.74) is 0.471. The molecule has 0 aliphatic carbocycles. The minimum absolute atomic E-state index is 0.0382. The third-order valence-electron chi connectivity index (χ3n) is 2.77. The molecular weight excluding hydrogens is 349 g/mol. The number of carbonyl (C=O) groups is 1. The number of rotatable bonds is 2. The number of anilines is 1. The molecule has 2 aromatic rings. The number of hydrogen-bond donors (Lipinski definition) is 0. The standard InChI is InChI=1S/C14H7ClFNOS3/c15-10-6-8(3-4-11(10)16)17-13(18)12(21-14(17)19)7-9-2-1-5-20-9/h1-7H/b12-7+. The number of hydrogen-bond acceptors (Lipinski definition) is 4. The lowest BCUT2D eigenvalue weighted by Gasteiger charge is -2.14. The van der Waals surface area contributed by atoms with E-state index in [0.29, 0.717) is 14.9 Å². The third kappa shape index (κ3) is 2.89. The van der Waals surface area contributed by atoms with Crippen molar-refractivity contribution in [2.75, 3.05) is 4.90 Å². The van der Waals surface area contributed by atoms with Gasteiger partial charge in [-0.05, 0) is 35.7 Å². The van der Waals surface area contributed by atoms with Gasteiger partial charge in [0, 0.05) is 4.88 Å². The van der Waals surface area contributed by atoms with Crippen LogP contribution in [0.25, 0.3) is 6.08 Å². The molecule has 1 saturated heterocycles. The molecule has 0 atom stereocenters. The van der Waals surface area contributed by atoms with Crippen LogP contribution in [0.5, 0.6) is 0 Å². The molecule has 0 spiro atoms. The number of thiocarbonyl (C=S) groups is 1. The Bertz CT molecular complexity index is 758. The fourth-order valence-corrected chi connectivity index (χ4v) is 4.01. The van der Waals surface area contributed by atoms with Crippen LogP contribution in [0, 0.1) is 5.82 Å². The first kappa shape index (κ1) is 14.7. The number of halogens is 2. The highest BCUT2D eigenvalue weighted by Crippen LogP contribution is 2.37. The van der Waals surface area contributed by atoms with Crippen molar-refractivity contribution in [3.63, 3.8) is 0 Å². The van der Waals surface area contributed by atoms with E-state index in [4.69, 9.17) is 23.8 Å². The van der Waals surface area contributed by atoms with Gasteiger partial charge in [-0.2, -0.15) is 0 Å². The molecule has 1 amide bonds. The molecule has 0 saturated carbocycles. The van der Waals surface area contributed by atoms with E-state index in [-0.39, 0.29) is 10.9 Å². The minimum Gasteiger partial charge on any atom is -0.268 e. The second kappa shape index (κ2) is 5.88. The van der Waals surface area contributed by atoms with Crippen LogP contribution in [0.2, 0.25) is 5.02 Å². The lowest BCUT2D eigenvalue weighted by molar-refractivity contribution is -0.113. The van der Waals surface area contributed by atoms with Gasteiger partial charge in [0.25, 0.3) is 5.91 Å². The van der Waals surface area contributed by atoms with E-state index in [2.05, 4.69) is 0 Å². The van der Waals surface area contributed by atoms with E-state index in [0.717, 1.165) is 4.88 Å². The molecule has 1 aliphatic rings. The number of amides is 1. The van der Waals surface area contributed by atoms with E-state index in [1.165, 1.54) is 34.9 Å². The normalized spacial score (nSPS) is 17.0. The minimum atomic E-state index is -0.528. The van der Waals surface area contributed by atoms with Gasteiger partial charge in [0.1, 0.15) is 5.82 Å². The Hall–Kier alpha value is -1.21. The number of benzene rings is 1. The highest BCUT2D eigenvalue weighted by molar-refractivity contribution is 8.27. The SMILES string of the molecule is O=C1/C(=C\c2cccs2)SC(=S)N1c1ccc(F)c(Cl)c1. The monoisotopic (exact) mass is 355 g/mol. The van der Waals surface area contributed by atoms with Crippen molar-refractivity contribution in [3.8, 4) is 0 Å². The third-order valence-corrected chi connectivity index (χ3v) is 5.18. The van der Waals surface area contributed by atoms with Gasteiger partial charge in [0.05, 0.1) is 15.6 Å².